The number of fused-ring (bicyclic) bond motifs is 1. The van der Waals surface area contributed by atoms with Gasteiger partial charge in [-0.1, -0.05) is 19.6 Å². The Morgan fingerprint density at radius 2 is 2.05 bits per heavy atom. The van der Waals surface area contributed by atoms with E-state index in [0.29, 0.717) is 63.1 Å². The maximum absolute atomic E-state index is 14.1. The summed E-state index contributed by atoms with van der Waals surface area (Å²) >= 11 is 0. The highest BCUT2D eigenvalue weighted by Crippen LogP contribution is 2.37. The number of carbonyl (C=O) groups is 2. The summed E-state index contributed by atoms with van der Waals surface area (Å²) in [7, 11) is 2.06. The van der Waals surface area contributed by atoms with E-state index in [0.717, 1.165) is 24.9 Å². The van der Waals surface area contributed by atoms with Crippen molar-refractivity contribution in [2.75, 3.05) is 39.8 Å². The number of ketones is 1. The lowest BCUT2D eigenvalue weighted by Gasteiger charge is -2.45. The van der Waals surface area contributed by atoms with Crippen LogP contribution in [-0.4, -0.2) is 96.1 Å². The highest BCUT2D eigenvalue weighted by Gasteiger charge is 2.47. The van der Waals surface area contributed by atoms with Crippen LogP contribution in [0.3, 0.4) is 0 Å². The number of amidine groups is 1. The number of rotatable bonds is 8. The van der Waals surface area contributed by atoms with Crippen molar-refractivity contribution in [3.8, 4) is 11.8 Å². The number of hydrogen-bond acceptors (Lipinski definition) is 9. The van der Waals surface area contributed by atoms with Gasteiger partial charge in [0.05, 0.1) is 18.5 Å². The van der Waals surface area contributed by atoms with Gasteiger partial charge in [-0.15, -0.1) is 0 Å². The minimum atomic E-state index is -0.804. The summed E-state index contributed by atoms with van der Waals surface area (Å²) in [5.74, 6) is -0.906. The zero-order valence-corrected chi connectivity index (χ0v) is 24.3. The van der Waals surface area contributed by atoms with Crippen molar-refractivity contribution in [2.45, 2.75) is 63.6 Å². The van der Waals surface area contributed by atoms with E-state index in [1.165, 1.54) is 18.2 Å². The number of ether oxygens (including phenoxy) is 2. The first-order chi connectivity index (χ1) is 20.3. The van der Waals surface area contributed by atoms with Crippen LogP contribution in [0, 0.1) is 29.2 Å². The van der Waals surface area contributed by atoms with Gasteiger partial charge in [0.25, 0.3) is 0 Å². The summed E-state index contributed by atoms with van der Waals surface area (Å²) in [6, 6.07) is 6.61. The van der Waals surface area contributed by atoms with Gasteiger partial charge in [-0.05, 0) is 63.4 Å². The molecule has 4 atom stereocenters. The van der Waals surface area contributed by atoms with Crippen LogP contribution in [0.4, 0.5) is 4.39 Å². The van der Waals surface area contributed by atoms with Crippen molar-refractivity contribution >= 4 is 23.4 Å². The first kappa shape index (κ1) is 29.9. The summed E-state index contributed by atoms with van der Waals surface area (Å²) in [4.78, 5) is 41.8. The Balaban J connectivity index is 1.40. The molecule has 3 fully saturated rings. The van der Waals surface area contributed by atoms with E-state index in [1.54, 1.807) is 11.0 Å². The van der Waals surface area contributed by atoms with Crippen molar-refractivity contribution in [1.82, 2.24) is 14.7 Å². The largest absolute Gasteiger partial charge is 0.482 e. The molecular weight excluding hydrogens is 539 g/mol. The van der Waals surface area contributed by atoms with E-state index in [2.05, 4.69) is 34.5 Å². The molecule has 1 aliphatic carbocycles. The molecule has 1 aromatic carbocycles. The number of nitrogens with zero attached hydrogens (tertiary/aromatic N) is 6. The number of Topliss-reactive ketones (excluding diaryl/α,β-unsaturated/α-hetero) is 1. The summed E-state index contributed by atoms with van der Waals surface area (Å²) in [5.41, 5.74) is 1.15. The number of amides is 1. The number of aliphatic imine (C=N–C) groups is 2. The third kappa shape index (κ3) is 6.25. The molecule has 1 aromatic rings. The van der Waals surface area contributed by atoms with E-state index < -0.39 is 11.9 Å². The molecule has 10 nitrogen and oxygen atoms in total. The molecule has 1 radical (unpaired) electrons. The molecule has 3 heterocycles. The van der Waals surface area contributed by atoms with Crippen LogP contribution in [0.25, 0.3) is 0 Å². The Morgan fingerprint density at radius 1 is 1.21 bits per heavy atom. The molecular formula is C31H38FN6O4. The minimum absolute atomic E-state index is 0.131. The molecule has 0 N–H and O–H groups in total. The van der Waals surface area contributed by atoms with Gasteiger partial charge in [-0.25, -0.2) is 9.38 Å². The maximum atomic E-state index is 14.1. The highest BCUT2D eigenvalue weighted by atomic mass is 19.1. The van der Waals surface area contributed by atoms with E-state index in [-0.39, 0.29) is 42.1 Å². The quantitative estimate of drug-likeness (QED) is 0.437. The van der Waals surface area contributed by atoms with Gasteiger partial charge in [-0.2, -0.15) is 10.3 Å². The minimum Gasteiger partial charge on any atom is -0.482 e. The number of hydrogen-bond donors (Lipinski definition) is 0. The average molecular weight is 578 g/mol. The Morgan fingerprint density at radius 3 is 2.76 bits per heavy atom. The van der Waals surface area contributed by atoms with Crippen LogP contribution in [0.1, 0.15) is 44.6 Å². The van der Waals surface area contributed by atoms with Crippen molar-refractivity contribution < 1.29 is 23.5 Å². The smallest absolute Gasteiger partial charge is 0.314 e. The second-order valence-electron chi connectivity index (χ2n) is 11.2. The summed E-state index contributed by atoms with van der Waals surface area (Å²) in [5, 5.41) is 9.46. The second-order valence-corrected chi connectivity index (χ2v) is 11.2. The van der Waals surface area contributed by atoms with Gasteiger partial charge >= 0.3 is 6.02 Å². The Bertz CT molecular complexity index is 1310. The number of nitriles is 1. The molecule has 0 aromatic heterocycles. The SMILES string of the molecule is C=CC(=O)N1CCN([C]2N=C(OCC3CCCN3C)N=C3C(=O)[C@H](Oc4cc(F)ccc4CC)CCC23)CC1CC#N. The van der Waals surface area contributed by atoms with Crippen LogP contribution < -0.4 is 4.74 Å². The number of halogens is 1. The summed E-state index contributed by atoms with van der Waals surface area (Å²) in [6.07, 6.45) is 5.01. The molecule has 1 amide bonds. The monoisotopic (exact) mass is 577 g/mol. The fourth-order valence-corrected chi connectivity index (χ4v) is 6.27. The van der Waals surface area contributed by atoms with Gasteiger partial charge in [-0.3, -0.25) is 14.5 Å². The van der Waals surface area contributed by atoms with Crippen molar-refractivity contribution in [3.63, 3.8) is 0 Å². The molecule has 5 rings (SSSR count). The molecule has 3 unspecified atom stereocenters. The van der Waals surface area contributed by atoms with Crippen LogP contribution in [-0.2, 0) is 20.7 Å². The highest BCUT2D eigenvalue weighted by molar-refractivity contribution is 6.44. The Kier molecular flexibility index (Phi) is 9.34. The fourth-order valence-electron chi connectivity index (χ4n) is 6.27. The number of likely N-dealkylation sites (tertiary alicyclic amines) is 1. The Hall–Kier alpha value is -3.62. The van der Waals surface area contributed by atoms with Crippen molar-refractivity contribution in [1.29, 1.82) is 5.26 Å². The van der Waals surface area contributed by atoms with Crippen LogP contribution in [0.5, 0.6) is 5.75 Å². The van der Waals surface area contributed by atoms with Crippen molar-refractivity contribution in [3.05, 3.63) is 48.4 Å². The van der Waals surface area contributed by atoms with Crippen LogP contribution in [0.2, 0.25) is 0 Å². The summed E-state index contributed by atoms with van der Waals surface area (Å²) < 4.78 is 26.3. The molecule has 42 heavy (non-hydrogen) atoms. The molecule has 4 aliphatic rings. The zero-order chi connectivity index (χ0) is 29.8. The lowest BCUT2D eigenvalue weighted by atomic mass is 9.81. The molecule has 2 saturated heterocycles. The predicted molar refractivity (Wildman–Crippen MR) is 155 cm³/mol. The average Bonchev–Trinajstić information content (AvgIpc) is 3.41. The number of aryl methyl sites for hydroxylation is 1. The van der Waals surface area contributed by atoms with Gasteiger partial charge < -0.3 is 19.3 Å². The standard InChI is InChI=1S/C31H38FN6O4/c1-4-20-8-9-21(32)17-26(20)42-25-11-10-24-28(29(25)40)34-31(41-19-23-7-6-14-36(23)3)35-30(24)37-15-16-38(27(39)5-2)22(18-37)12-13-33/h5,8-9,17,22-25H,2,4,6-7,10-12,14-16,18-19H2,1,3H3/t22?,23?,24?,25-/m1/s1. The van der Waals surface area contributed by atoms with E-state index in [1.807, 2.05) is 6.92 Å². The molecule has 0 spiro atoms. The van der Waals surface area contributed by atoms with Gasteiger partial charge in [0.2, 0.25) is 11.7 Å². The second kappa shape index (κ2) is 13.1. The van der Waals surface area contributed by atoms with Crippen LogP contribution in [0.15, 0.2) is 40.8 Å². The first-order valence-corrected chi connectivity index (χ1v) is 14.7. The fraction of sp³-hybridized carbons (Fsp3) is 0.548. The third-order valence-electron chi connectivity index (χ3n) is 8.68. The normalized spacial score (nSPS) is 27.1. The molecule has 3 aliphatic heterocycles. The van der Waals surface area contributed by atoms with Gasteiger partial charge in [0.15, 0.2) is 12.3 Å². The number of piperazine rings is 1. The summed E-state index contributed by atoms with van der Waals surface area (Å²) in [6.45, 7) is 8.24. The van der Waals surface area contributed by atoms with Crippen molar-refractivity contribution in [2.24, 2.45) is 15.9 Å². The maximum Gasteiger partial charge on any atom is 0.314 e. The van der Waals surface area contributed by atoms with E-state index in [9.17, 15) is 19.2 Å². The lowest BCUT2D eigenvalue weighted by molar-refractivity contribution is -0.130. The number of benzene rings is 1. The van der Waals surface area contributed by atoms with Gasteiger partial charge in [0, 0.05) is 37.7 Å². The molecule has 223 valence electrons. The molecule has 1 saturated carbocycles. The predicted octanol–water partition coefficient (Wildman–Crippen LogP) is 3.14. The van der Waals surface area contributed by atoms with E-state index in [4.69, 9.17) is 14.5 Å². The van der Waals surface area contributed by atoms with Gasteiger partial charge in [0.1, 0.15) is 23.9 Å². The number of likely N-dealkylation sites (N-methyl/N-ethyl adjacent to an activating group) is 1. The zero-order valence-electron chi connectivity index (χ0n) is 24.3. The molecule has 11 heteroatoms. The number of carbonyl (C=O) groups excluding carboxylic acids is 2. The lowest BCUT2D eigenvalue weighted by Crippen LogP contribution is -2.58. The Labute approximate surface area is 246 Å². The van der Waals surface area contributed by atoms with Crippen LogP contribution >= 0.6 is 0 Å². The molecule has 0 bridgehead atoms. The topological polar surface area (TPSA) is 111 Å². The van der Waals surface area contributed by atoms with E-state index >= 15 is 0 Å². The first-order valence-electron chi connectivity index (χ1n) is 14.7. The third-order valence-corrected chi connectivity index (χ3v) is 8.68.